The molecule has 1 aliphatic rings. The first-order valence-electron chi connectivity index (χ1n) is 6.67. The van der Waals surface area contributed by atoms with Crippen molar-refractivity contribution in [2.45, 2.75) is 19.4 Å². The number of anilines is 2. The molecule has 1 saturated heterocycles. The van der Waals surface area contributed by atoms with Crippen molar-refractivity contribution in [3.63, 3.8) is 0 Å². The van der Waals surface area contributed by atoms with Gasteiger partial charge in [-0.2, -0.15) is 0 Å². The Bertz CT molecular complexity index is 433. The largest absolute Gasteiger partial charge is 0.395 e. The Labute approximate surface area is 113 Å². The van der Waals surface area contributed by atoms with Crippen molar-refractivity contribution in [1.82, 2.24) is 0 Å². The molecule has 19 heavy (non-hydrogen) atoms. The van der Waals surface area contributed by atoms with Crippen LogP contribution in [0, 0.1) is 0 Å². The van der Waals surface area contributed by atoms with Gasteiger partial charge in [0.1, 0.15) is 0 Å². The van der Waals surface area contributed by atoms with E-state index in [0.717, 1.165) is 17.9 Å². The third-order valence-electron chi connectivity index (χ3n) is 3.43. The lowest BCUT2D eigenvalue weighted by molar-refractivity contribution is -0.117. The zero-order valence-corrected chi connectivity index (χ0v) is 11.2. The highest BCUT2D eigenvalue weighted by Gasteiger charge is 2.27. The fourth-order valence-electron chi connectivity index (χ4n) is 2.42. The van der Waals surface area contributed by atoms with Gasteiger partial charge in [-0.15, -0.1) is 0 Å². The molecule has 1 heterocycles. The smallest absolute Gasteiger partial charge is 0.228 e. The van der Waals surface area contributed by atoms with E-state index in [2.05, 4.69) is 4.90 Å². The summed E-state index contributed by atoms with van der Waals surface area (Å²) in [7, 11) is 0. The number of aliphatic hydroxyl groups excluding tert-OH is 1. The molecule has 0 bridgehead atoms. The molecule has 0 spiro atoms. The van der Waals surface area contributed by atoms with Crippen LogP contribution in [0.2, 0.25) is 0 Å². The predicted octanol–water partition coefficient (Wildman–Crippen LogP) is 0.569. The van der Waals surface area contributed by atoms with E-state index in [1.54, 1.807) is 4.90 Å². The highest BCUT2D eigenvalue weighted by atomic mass is 16.3. The minimum atomic E-state index is -0.0614. The number of nitrogens with two attached hydrogens (primary N) is 1. The van der Waals surface area contributed by atoms with E-state index in [9.17, 15) is 4.79 Å². The molecule has 0 aliphatic carbocycles. The van der Waals surface area contributed by atoms with Crippen LogP contribution in [0.25, 0.3) is 0 Å². The van der Waals surface area contributed by atoms with Gasteiger partial charge in [-0.05, 0) is 31.2 Å². The summed E-state index contributed by atoms with van der Waals surface area (Å²) in [5.74, 6) is 0.0861. The van der Waals surface area contributed by atoms with Crippen LogP contribution in [-0.4, -0.2) is 43.3 Å². The van der Waals surface area contributed by atoms with Crippen LogP contribution in [0.15, 0.2) is 24.3 Å². The Balaban J connectivity index is 2.12. The maximum absolute atomic E-state index is 11.8. The molecule has 1 aromatic rings. The highest BCUT2D eigenvalue weighted by molar-refractivity contribution is 5.96. The highest BCUT2D eigenvalue weighted by Crippen LogP contribution is 2.24. The Morgan fingerprint density at radius 1 is 1.42 bits per heavy atom. The van der Waals surface area contributed by atoms with E-state index < -0.39 is 0 Å². The van der Waals surface area contributed by atoms with Crippen LogP contribution in [0.4, 0.5) is 11.4 Å². The Kier molecular flexibility index (Phi) is 4.39. The van der Waals surface area contributed by atoms with E-state index >= 15 is 0 Å². The molecule has 0 aromatic heterocycles. The van der Waals surface area contributed by atoms with Gasteiger partial charge in [-0.3, -0.25) is 4.79 Å². The molecule has 1 amide bonds. The average molecular weight is 263 g/mol. The summed E-state index contributed by atoms with van der Waals surface area (Å²) in [6.07, 6.45) is 0.424. The quantitative estimate of drug-likeness (QED) is 0.815. The maximum atomic E-state index is 11.8. The van der Waals surface area contributed by atoms with E-state index in [0.29, 0.717) is 19.5 Å². The van der Waals surface area contributed by atoms with E-state index in [-0.39, 0.29) is 18.6 Å². The normalized spacial score (nSPS) is 19.0. The van der Waals surface area contributed by atoms with Crippen LogP contribution < -0.4 is 15.5 Å². The molecule has 1 atom stereocenters. The first-order valence-corrected chi connectivity index (χ1v) is 6.67. The summed E-state index contributed by atoms with van der Waals surface area (Å²) >= 11 is 0. The van der Waals surface area contributed by atoms with Gasteiger partial charge in [0, 0.05) is 43.5 Å². The number of carbonyl (C=O) groups is 1. The number of likely N-dealkylation sites (N-methyl/N-ethyl adjacent to an activating group) is 1. The number of hydrogen-bond acceptors (Lipinski definition) is 4. The van der Waals surface area contributed by atoms with Crippen molar-refractivity contribution in [2.75, 3.05) is 36.0 Å². The number of carbonyl (C=O) groups excluding carboxylic acids is 1. The lowest BCUT2D eigenvalue weighted by atomic mass is 10.2. The van der Waals surface area contributed by atoms with E-state index in [1.165, 1.54) is 0 Å². The second kappa shape index (κ2) is 6.04. The zero-order valence-electron chi connectivity index (χ0n) is 11.2. The Morgan fingerprint density at radius 3 is 2.58 bits per heavy atom. The van der Waals surface area contributed by atoms with Crippen molar-refractivity contribution in [3.8, 4) is 0 Å². The number of amides is 1. The molecule has 3 N–H and O–H groups in total. The molecular formula is C14H21N3O2. The van der Waals surface area contributed by atoms with Crippen molar-refractivity contribution >= 4 is 17.3 Å². The first kappa shape index (κ1) is 13.8. The zero-order chi connectivity index (χ0) is 13.8. The molecule has 1 unspecified atom stereocenters. The van der Waals surface area contributed by atoms with E-state index in [1.807, 2.05) is 31.2 Å². The van der Waals surface area contributed by atoms with Gasteiger partial charge in [-0.25, -0.2) is 0 Å². The van der Waals surface area contributed by atoms with Crippen molar-refractivity contribution in [1.29, 1.82) is 0 Å². The van der Waals surface area contributed by atoms with Crippen LogP contribution in [0.3, 0.4) is 0 Å². The van der Waals surface area contributed by atoms with Crippen LogP contribution in [0.5, 0.6) is 0 Å². The molecule has 2 rings (SSSR count). The maximum Gasteiger partial charge on any atom is 0.228 e. The molecule has 0 saturated carbocycles. The fourth-order valence-corrected chi connectivity index (χ4v) is 2.42. The molecule has 1 fully saturated rings. The monoisotopic (exact) mass is 263 g/mol. The SMILES string of the molecule is CCN(CCO)c1ccc(N2CC(N)CC2=O)cc1. The van der Waals surface area contributed by atoms with E-state index in [4.69, 9.17) is 10.8 Å². The van der Waals surface area contributed by atoms with Gasteiger partial charge in [0.2, 0.25) is 5.91 Å². The average Bonchev–Trinajstić information content (AvgIpc) is 2.75. The van der Waals surface area contributed by atoms with Gasteiger partial charge < -0.3 is 20.6 Å². The second-order valence-corrected chi connectivity index (χ2v) is 4.79. The summed E-state index contributed by atoms with van der Waals surface area (Å²) in [6.45, 7) is 4.23. The summed E-state index contributed by atoms with van der Waals surface area (Å²) in [5, 5.41) is 9.01. The first-order chi connectivity index (χ1) is 9.15. The molecule has 1 aliphatic heterocycles. The van der Waals surface area contributed by atoms with Gasteiger partial charge in [-0.1, -0.05) is 0 Å². The molecule has 5 nitrogen and oxygen atoms in total. The molecular weight excluding hydrogens is 242 g/mol. The molecule has 0 radical (unpaired) electrons. The van der Waals surface area contributed by atoms with Crippen molar-refractivity contribution in [3.05, 3.63) is 24.3 Å². The minimum absolute atomic E-state index is 0.0614. The number of nitrogens with zero attached hydrogens (tertiary/aromatic N) is 2. The summed E-state index contributed by atoms with van der Waals surface area (Å²) < 4.78 is 0. The number of aliphatic hydroxyl groups is 1. The number of benzene rings is 1. The number of rotatable bonds is 5. The molecule has 5 heteroatoms. The second-order valence-electron chi connectivity index (χ2n) is 4.79. The topological polar surface area (TPSA) is 69.8 Å². The summed E-state index contributed by atoms with van der Waals surface area (Å²) in [5.41, 5.74) is 7.74. The van der Waals surface area contributed by atoms with Gasteiger partial charge >= 0.3 is 0 Å². The van der Waals surface area contributed by atoms with Gasteiger partial charge in [0.15, 0.2) is 0 Å². The standard InChI is InChI=1S/C14H21N3O2/c1-2-16(7-8-18)12-3-5-13(6-4-12)17-10-11(15)9-14(17)19/h3-6,11,18H,2,7-10,15H2,1H3. The summed E-state index contributed by atoms with van der Waals surface area (Å²) in [4.78, 5) is 15.6. The molecule has 104 valence electrons. The predicted molar refractivity (Wildman–Crippen MR) is 76.4 cm³/mol. The Hall–Kier alpha value is -1.59. The third kappa shape index (κ3) is 3.05. The van der Waals surface area contributed by atoms with Crippen molar-refractivity contribution in [2.24, 2.45) is 5.73 Å². The van der Waals surface area contributed by atoms with Gasteiger partial charge in [0.05, 0.1) is 6.61 Å². The fraction of sp³-hybridized carbons (Fsp3) is 0.500. The summed E-state index contributed by atoms with van der Waals surface area (Å²) in [6, 6.07) is 7.77. The number of hydrogen-bond donors (Lipinski definition) is 2. The van der Waals surface area contributed by atoms with Crippen LogP contribution in [0.1, 0.15) is 13.3 Å². The Morgan fingerprint density at radius 2 is 2.11 bits per heavy atom. The lowest BCUT2D eigenvalue weighted by Gasteiger charge is -2.23. The van der Waals surface area contributed by atoms with Crippen LogP contribution in [-0.2, 0) is 4.79 Å². The third-order valence-corrected chi connectivity index (χ3v) is 3.43. The lowest BCUT2D eigenvalue weighted by Crippen LogP contribution is -2.28. The van der Waals surface area contributed by atoms with Gasteiger partial charge in [0.25, 0.3) is 0 Å². The van der Waals surface area contributed by atoms with Crippen LogP contribution >= 0.6 is 0 Å². The minimum Gasteiger partial charge on any atom is -0.395 e. The molecule has 1 aromatic carbocycles. The van der Waals surface area contributed by atoms with Crippen molar-refractivity contribution < 1.29 is 9.90 Å².